The molecule has 0 spiro atoms. The Labute approximate surface area is 119 Å². The van der Waals surface area contributed by atoms with Crippen LogP contribution >= 0.6 is 15.9 Å². The molecule has 1 N–H and O–H groups in total. The molecule has 1 aromatic rings. The van der Waals surface area contributed by atoms with E-state index in [0.717, 1.165) is 12.5 Å². The van der Waals surface area contributed by atoms with Gasteiger partial charge in [-0.15, -0.1) is 0 Å². The summed E-state index contributed by atoms with van der Waals surface area (Å²) < 4.78 is 1.26. The first-order chi connectivity index (χ1) is 8.72. The van der Waals surface area contributed by atoms with Gasteiger partial charge in [0.2, 0.25) is 0 Å². The van der Waals surface area contributed by atoms with E-state index in [1.165, 1.54) is 47.7 Å². The Morgan fingerprint density at radius 2 is 2.00 bits per heavy atom. The highest BCUT2D eigenvalue weighted by Crippen LogP contribution is 2.37. The zero-order chi connectivity index (χ0) is 13.0. The van der Waals surface area contributed by atoms with E-state index in [1.54, 1.807) is 0 Å². The third-order valence-corrected chi connectivity index (χ3v) is 4.72. The van der Waals surface area contributed by atoms with Crippen LogP contribution < -0.4 is 5.32 Å². The highest BCUT2D eigenvalue weighted by atomic mass is 79.9. The van der Waals surface area contributed by atoms with Crippen molar-refractivity contribution in [2.24, 2.45) is 5.92 Å². The van der Waals surface area contributed by atoms with Crippen LogP contribution in [0.25, 0.3) is 0 Å². The molecule has 0 bridgehead atoms. The normalized spacial score (nSPS) is 18.8. The molecule has 1 atom stereocenters. The fourth-order valence-electron chi connectivity index (χ4n) is 3.10. The highest BCUT2D eigenvalue weighted by molar-refractivity contribution is 9.10. The summed E-state index contributed by atoms with van der Waals surface area (Å²) in [5.41, 5.74) is 2.76. The summed E-state index contributed by atoms with van der Waals surface area (Å²) in [4.78, 5) is 0. The van der Waals surface area contributed by atoms with E-state index in [0.29, 0.717) is 6.04 Å². The van der Waals surface area contributed by atoms with Gasteiger partial charge >= 0.3 is 0 Å². The number of rotatable bonds is 4. The molecule has 1 nitrogen and oxygen atoms in total. The predicted molar refractivity (Wildman–Crippen MR) is 81.9 cm³/mol. The minimum Gasteiger partial charge on any atom is -0.310 e. The molecule has 0 aliphatic heterocycles. The van der Waals surface area contributed by atoms with Crippen LogP contribution in [0.5, 0.6) is 0 Å². The molecule has 1 aliphatic rings. The molecule has 1 unspecified atom stereocenters. The third-order valence-electron chi connectivity index (χ3n) is 4.04. The summed E-state index contributed by atoms with van der Waals surface area (Å²) in [5, 5.41) is 3.70. The van der Waals surface area contributed by atoms with Crippen molar-refractivity contribution in [3.8, 4) is 0 Å². The lowest BCUT2D eigenvalue weighted by Crippen LogP contribution is -2.29. The second-order valence-electron chi connectivity index (χ2n) is 5.46. The van der Waals surface area contributed by atoms with Gasteiger partial charge in [-0.05, 0) is 49.4 Å². The summed E-state index contributed by atoms with van der Waals surface area (Å²) in [6.45, 7) is 5.40. The zero-order valence-electron chi connectivity index (χ0n) is 11.5. The van der Waals surface area contributed by atoms with E-state index >= 15 is 0 Å². The zero-order valence-corrected chi connectivity index (χ0v) is 13.1. The summed E-state index contributed by atoms with van der Waals surface area (Å²) in [5.74, 6) is 0.803. The lowest BCUT2D eigenvalue weighted by Gasteiger charge is -2.32. The second-order valence-corrected chi connectivity index (χ2v) is 6.31. The van der Waals surface area contributed by atoms with Crippen molar-refractivity contribution in [1.82, 2.24) is 5.32 Å². The Kier molecular flexibility index (Phi) is 5.25. The quantitative estimate of drug-likeness (QED) is 0.826. The fraction of sp³-hybridized carbons (Fsp3) is 0.625. The van der Waals surface area contributed by atoms with Crippen molar-refractivity contribution in [3.05, 3.63) is 33.8 Å². The lowest BCUT2D eigenvalue weighted by molar-refractivity contribution is 0.274. The topological polar surface area (TPSA) is 12.0 Å². The Morgan fingerprint density at radius 3 is 2.61 bits per heavy atom. The first-order valence-corrected chi connectivity index (χ1v) is 8.01. The average molecular weight is 310 g/mol. The van der Waals surface area contributed by atoms with Gasteiger partial charge in [0.25, 0.3) is 0 Å². The molecule has 1 aromatic carbocycles. The molecular weight excluding hydrogens is 286 g/mol. The standard InChI is InChI=1S/C16H24BrN/c1-3-18-16(13-7-5-4-6-8-13)14-10-9-12(2)11-15(14)17/h9-11,13,16,18H,3-8H2,1-2H3. The SMILES string of the molecule is CCNC(c1ccc(C)cc1Br)C1CCCCC1. The second kappa shape index (κ2) is 6.72. The van der Waals surface area contributed by atoms with Crippen LogP contribution in [0.2, 0.25) is 0 Å². The molecule has 1 fully saturated rings. The first kappa shape index (κ1) is 14.1. The van der Waals surface area contributed by atoms with Crippen LogP contribution in [0.1, 0.15) is 56.2 Å². The number of halogens is 1. The van der Waals surface area contributed by atoms with Gasteiger partial charge in [0, 0.05) is 10.5 Å². The maximum atomic E-state index is 3.74. The van der Waals surface area contributed by atoms with Crippen LogP contribution in [0, 0.1) is 12.8 Å². The van der Waals surface area contributed by atoms with Crippen molar-refractivity contribution in [2.75, 3.05) is 6.54 Å². The first-order valence-electron chi connectivity index (χ1n) is 7.21. The largest absolute Gasteiger partial charge is 0.310 e. The van der Waals surface area contributed by atoms with Gasteiger partial charge in [-0.2, -0.15) is 0 Å². The molecule has 18 heavy (non-hydrogen) atoms. The molecule has 1 saturated carbocycles. The number of aryl methyl sites for hydroxylation is 1. The molecule has 2 heteroatoms. The molecule has 0 heterocycles. The average Bonchev–Trinajstić information content (AvgIpc) is 2.38. The van der Waals surface area contributed by atoms with Crippen molar-refractivity contribution >= 4 is 15.9 Å². The summed E-state index contributed by atoms with van der Waals surface area (Å²) in [6.07, 6.45) is 6.96. The van der Waals surface area contributed by atoms with Crippen molar-refractivity contribution in [2.45, 2.75) is 52.0 Å². The molecule has 2 rings (SSSR count). The predicted octanol–water partition coefficient (Wildman–Crippen LogP) is 4.99. The third kappa shape index (κ3) is 3.36. The van der Waals surface area contributed by atoms with Crippen molar-refractivity contribution in [3.63, 3.8) is 0 Å². The maximum Gasteiger partial charge on any atom is 0.0359 e. The lowest BCUT2D eigenvalue weighted by atomic mass is 9.81. The summed E-state index contributed by atoms with van der Waals surface area (Å²) in [6, 6.07) is 7.28. The highest BCUT2D eigenvalue weighted by Gasteiger charge is 2.25. The van der Waals surface area contributed by atoms with Gasteiger partial charge in [0.1, 0.15) is 0 Å². The van der Waals surface area contributed by atoms with Crippen molar-refractivity contribution < 1.29 is 0 Å². The smallest absolute Gasteiger partial charge is 0.0359 e. The molecule has 0 radical (unpaired) electrons. The van der Waals surface area contributed by atoms with Gasteiger partial charge in [0.15, 0.2) is 0 Å². The van der Waals surface area contributed by atoms with Gasteiger partial charge < -0.3 is 5.32 Å². The molecular formula is C16H24BrN. The van der Waals surface area contributed by atoms with Gasteiger partial charge in [-0.1, -0.05) is 54.2 Å². The minimum absolute atomic E-state index is 0.519. The monoisotopic (exact) mass is 309 g/mol. The Morgan fingerprint density at radius 1 is 1.28 bits per heavy atom. The van der Waals surface area contributed by atoms with Crippen LogP contribution in [0.3, 0.4) is 0 Å². The Balaban J connectivity index is 2.22. The number of hydrogen-bond acceptors (Lipinski definition) is 1. The van der Waals surface area contributed by atoms with Crippen molar-refractivity contribution in [1.29, 1.82) is 0 Å². The van der Waals surface area contributed by atoms with Crippen LogP contribution in [0.4, 0.5) is 0 Å². The Hall–Kier alpha value is -0.340. The summed E-state index contributed by atoms with van der Waals surface area (Å²) >= 11 is 3.74. The van der Waals surface area contributed by atoms with E-state index in [2.05, 4.69) is 53.3 Å². The van der Waals surface area contributed by atoms with Gasteiger partial charge in [-0.3, -0.25) is 0 Å². The van der Waals surface area contributed by atoms with Gasteiger partial charge in [0.05, 0.1) is 0 Å². The number of benzene rings is 1. The maximum absolute atomic E-state index is 3.74. The fourth-order valence-corrected chi connectivity index (χ4v) is 3.84. The molecule has 0 aromatic heterocycles. The van der Waals surface area contributed by atoms with Crippen LogP contribution in [-0.4, -0.2) is 6.54 Å². The van der Waals surface area contributed by atoms with E-state index in [9.17, 15) is 0 Å². The number of nitrogens with one attached hydrogen (secondary N) is 1. The molecule has 0 saturated heterocycles. The summed E-state index contributed by atoms with van der Waals surface area (Å²) in [7, 11) is 0. The van der Waals surface area contributed by atoms with E-state index in [1.807, 2.05) is 0 Å². The van der Waals surface area contributed by atoms with Gasteiger partial charge in [-0.25, -0.2) is 0 Å². The molecule has 0 amide bonds. The molecule has 100 valence electrons. The van der Waals surface area contributed by atoms with Crippen LogP contribution in [0.15, 0.2) is 22.7 Å². The van der Waals surface area contributed by atoms with E-state index in [-0.39, 0.29) is 0 Å². The van der Waals surface area contributed by atoms with E-state index < -0.39 is 0 Å². The van der Waals surface area contributed by atoms with E-state index in [4.69, 9.17) is 0 Å². The minimum atomic E-state index is 0.519. The molecule has 1 aliphatic carbocycles. The Bertz CT molecular complexity index is 383. The van der Waals surface area contributed by atoms with Crippen LogP contribution in [-0.2, 0) is 0 Å². The number of hydrogen-bond donors (Lipinski definition) is 1.